The fourth-order valence-electron chi connectivity index (χ4n) is 3.08. The normalized spacial score (nSPS) is 19.0. The van der Waals surface area contributed by atoms with Gasteiger partial charge in [0.2, 0.25) is 22.9 Å². The Labute approximate surface area is 291 Å². The van der Waals surface area contributed by atoms with E-state index >= 15 is 0 Å². The predicted molar refractivity (Wildman–Crippen MR) is 174 cm³/mol. The van der Waals surface area contributed by atoms with Gasteiger partial charge in [0, 0.05) is 25.7 Å². The van der Waals surface area contributed by atoms with Gasteiger partial charge in [-0.25, -0.2) is 28.8 Å². The molecule has 20 nitrogen and oxygen atoms in total. The van der Waals surface area contributed by atoms with Gasteiger partial charge in [-0.2, -0.15) is 47.0 Å². The molecule has 0 spiro atoms. The van der Waals surface area contributed by atoms with E-state index in [9.17, 15) is 59.4 Å². The number of aliphatic hydroxyl groups is 4. The van der Waals surface area contributed by atoms with E-state index in [4.69, 9.17) is 41.9 Å². The van der Waals surface area contributed by atoms with Gasteiger partial charge in [-0.15, -0.1) is 0 Å². The average Bonchev–Trinajstić information content (AvgIpc) is 2.99. The molecule has 48 heavy (non-hydrogen) atoms. The maximum absolute atomic E-state index is 13.2. The van der Waals surface area contributed by atoms with Crippen molar-refractivity contribution in [3.8, 4) is 0 Å². The van der Waals surface area contributed by atoms with Gasteiger partial charge >= 0.3 is 47.4 Å². The molecule has 0 heterocycles. The van der Waals surface area contributed by atoms with Gasteiger partial charge in [0.15, 0.2) is 0 Å². The van der Waals surface area contributed by atoms with Gasteiger partial charge in [0.25, 0.3) is 0 Å². The van der Waals surface area contributed by atoms with Crippen molar-refractivity contribution < 1.29 is 78.4 Å². The maximum atomic E-state index is 13.2. The standard InChI is InChI=1S/C24H42N4O16S4/c1-45-9-5-19(25,37)15(33)41-23(13(29)30,42-16(34)20(26,38)6-10-46-2)24(14(31)32,43-17(35)21(27,39)7-11-47-3)44-18(36)22(28,40)8-12-48-4/h37-40H,5-12,25-28H2,1-4H3,(H,29,30)(H,31,32). The number of carbonyl (C=O) groups is 6. The van der Waals surface area contributed by atoms with Crippen LogP contribution in [-0.2, 0) is 47.7 Å². The predicted octanol–water partition coefficient (Wildman–Crippen LogP) is -3.68. The number of hydrogen-bond acceptors (Lipinski definition) is 22. The number of ether oxygens (including phenoxy) is 4. The van der Waals surface area contributed by atoms with Crippen LogP contribution in [0.15, 0.2) is 0 Å². The van der Waals surface area contributed by atoms with Crippen LogP contribution in [0.1, 0.15) is 25.7 Å². The van der Waals surface area contributed by atoms with Crippen LogP contribution in [0.3, 0.4) is 0 Å². The molecule has 0 aromatic rings. The summed E-state index contributed by atoms with van der Waals surface area (Å²) in [6.45, 7) is 0. The number of carboxylic acid groups (broad SMARTS) is 2. The molecule has 0 fully saturated rings. The highest BCUT2D eigenvalue weighted by atomic mass is 32.2. The minimum absolute atomic E-state index is 0.113. The van der Waals surface area contributed by atoms with Crippen LogP contribution in [0.2, 0.25) is 0 Å². The van der Waals surface area contributed by atoms with E-state index in [1.165, 1.54) is 25.0 Å². The molecule has 0 aliphatic heterocycles. The molecule has 0 aliphatic carbocycles. The molecule has 278 valence electrons. The molecule has 0 bridgehead atoms. The number of carboxylic acids is 2. The third kappa shape index (κ3) is 11.8. The molecular formula is C24H42N4O16S4. The molecule has 0 radical (unpaired) electrons. The molecule has 0 aromatic heterocycles. The zero-order chi connectivity index (χ0) is 37.8. The van der Waals surface area contributed by atoms with Crippen molar-refractivity contribution >= 4 is 82.9 Å². The van der Waals surface area contributed by atoms with Gasteiger partial charge in [-0.1, -0.05) is 0 Å². The topological polar surface area (TPSA) is 365 Å². The van der Waals surface area contributed by atoms with Gasteiger partial charge in [0.1, 0.15) is 0 Å². The second kappa shape index (κ2) is 18.8. The largest absolute Gasteiger partial charge is 0.475 e. The van der Waals surface area contributed by atoms with E-state index in [0.29, 0.717) is 0 Å². The molecule has 0 aliphatic rings. The van der Waals surface area contributed by atoms with Crippen molar-refractivity contribution in [3.63, 3.8) is 0 Å². The molecule has 24 heteroatoms. The fourth-order valence-corrected chi connectivity index (χ4v) is 5.14. The van der Waals surface area contributed by atoms with Crippen LogP contribution in [-0.4, -0.2) is 149 Å². The van der Waals surface area contributed by atoms with E-state index in [-0.39, 0.29) is 23.0 Å². The first kappa shape index (κ1) is 45.9. The first-order chi connectivity index (χ1) is 21.9. The van der Waals surface area contributed by atoms with E-state index < -0.39 is 96.0 Å². The molecule has 4 atom stereocenters. The molecule has 0 saturated heterocycles. The Morgan fingerprint density at radius 1 is 0.458 bits per heavy atom. The minimum Gasteiger partial charge on any atom is -0.475 e. The number of carbonyl (C=O) groups excluding carboxylic acids is 4. The lowest BCUT2D eigenvalue weighted by Gasteiger charge is -2.43. The number of thioether (sulfide) groups is 4. The lowest BCUT2D eigenvalue weighted by Crippen LogP contribution is -2.75. The van der Waals surface area contributed by atoms with Crippen LogP contribution >= 0.6 is 47.0 Å². The lowest BCUT2D eigenvalue weighted by atomic mass is 10.0. The molecule has 14 N–H and O–H groups in total. The summed E-state index contributed by atoms with van der Waals surface area (Å²) in [5, 5.41) is 63.2. The van der Waals surface area contributed by atoms with Crippen molar-refractivity contribution in [2.45, 2.75) is 60.2 Å². The Bertz CT molecular complexity index is 1010. The van der Waals surface area contributed by atoms with E-state index in [1.54, 1.807) is 0 Å². The Morgan fingerprint density at radius 2 is 0.625 bits per heavy atom. The van der Waals surface area contributed by atoms with Crippen LogP contribution in [0.4, 0.5) is 0 Å². The Hall–Kier alpha value is -2.10. The van der Waals surface area contributed by atoms with Gasteiger partial charge in [-0.3, -0.25) is 22.9 Å². The maximum Gasteiger partial charge on any atom is 0.448 e. The first-order valence-corrected chi connectivity index (χ1v) is 18.9. The van der Waals surface area contributed by atoms with E-state index in [0.717, 1.165) is 47.0 Å². The lowest BCUT2D eigenvalue weighted by molar-refractivity contribution is -0.354. The summed E-state index contributed by atoms with van der Waals surface area (Å²) in [6.07, 6.45) is 3.13. The summed E-state index contributed by atoms with van der Waals surface area (Å²) in [5.41, 5.74) is 9.50. The SMILES string of the molecule is CSCCC(N)(O)C(=O)OC(OC(=O)C(N)(O)CCSC)(C(=O)O)C(OC(=O)C(N)(O)CCSC)(OC(=O)C(N)(O)CCSC)C(=O)O. The molecule has 0 rings (SSSR count). The summed E-state index contributed by atoms with van der Waals surface area (Å²) in [4.78, 5) is 79.1. The number of hydrogen-bond donors (Lipinski definition) is 10. The van der Waals surface area contributed by atoms with Crippen LogP contribution in [0.25, 0.3) is 0 Å². The summed E-state index contributed by atoms with van der Waals surface area (Å²) in [7, 11) is 0. The van der Waals surface area contributed by atoms with Crippen molar-refractivity contribution in [3.05, 3.63) is 0 Å². The summed E-state index contributed by atoms with van der Waals surface area (Å²) < 4.78 is 18.9. The Kier molecular flexibility index (Phi) is 17.9. The highest BCUT2D eigenvalue weighted by molar-refractivity contribution is 7.99. The molecule has 0 aromatic carbocycles. The monoisotopic (exact) mass is 770 g/mol. The average molecular weight is 771 g/mol. The van der Waals surface area contributed by atoms with E-state index in [1.807, 2.05) is 0 Å². The number of aliphatic carboxylic acids is 2. The van der Waals surface area contributed by atoms with Crippen LogP contribution in [0.5, 0.6) is 0 Å². The van der Waals surface area contributed by atoms with Crippen molar-refractivity contribution in [1.82, 2.24) is 0 Å². The van der Waals surface area contributed by atoms with Gasteiger partial charge in [-0.05, 0) is 48.0 Å². The van der Waals surface area contributed by atoms with Crippen LogP contribution < -0.4 is 22.9 Å². The van der Waals surface area contributed by atoms with E-state index in [2.05, 4.69) is 0 Å². The summed E-state index contributed by atoms with van der Waals surface area (Å²) in [6, 6.07) is 0. The van der Waals surface area contributed by atoms with Gasteiger partial charge in [0.05, 0.1) is 0 Å². The second-order valence-corrected chi connectivity index (χ2v) is 14.0. The molecule has 4 unspecified atom stereocenters. The molecular weight excluding hydrogens is 729 g/mol. The fraction of sp³-hybridized carbons (Fsp3) is 0.750. The van der Waals surface area contributed by atoms with Crippen LogP contribution in [0, 0.1) is 0 Å². The first-order valence-electron chi connectivity index (χ1n) is 13.3. The second-order valence-electron chi connectivity index (χ2n) is 10.1. The summed E-state index contributed by atoms with van der Waals surface area (Å²) >= 11 is 4.07. The number of esters is 4. The van der Waals surface area contributed by atoms with Crippen molar-refractivity contribution in [1.29, 1.82) is 0 Å². The minimum atomic E-state index is -4.83. The van der Waals surface area contributed by atoms with Gasteiger partial charge < -0.3 is 49.6 Å². The smallest absolute Gasteiger partial charge is 0.448 e. The Morgan fingerprint density at radius 3 is 0.750 bits per heavy atom. The number of nitrogens with two attached hydrogens (primary N) is 4. The zero-order valence-corrected chi connectivity index (χ0v) is 29.6. The molecule has 0 amide bonds. The Balaban J connectivity index is 8.05. The molecule has 0 saturated carbocycles. The quantitative estimate of drug-likeness (QED) is 0.0353. The van der Waals surface area contributed by atoms with Crippen molar-refractivity contribution in [2.24, 2.45) is 22.9 Å². The highest BCUT2D eigenvalue weighted by Crippen LogP contribution is 2.39. The summed E-state index contributed by atoms with van der Waals surface area (Å²) in [5.74, 6) is -25.1. The highest BCUT2D eigenvalue weighted by Gasteiger charge is 2.78. The number of rotatable bonds is 23. The third-order valence-electron chi connectivity index (χ3n) is 6.11. The zero-order valence-electron chi connectivity index (χ0n) is 26.4. The van der Waals surface area contributed by atoms with Crippen molar-refractivity contribution in [2.75, 3.05) is 48.0 Å². The third-order valence-corrected chi connectivity index (χ3v) is 8.55.